The molecule has 0 unspecified atom stereocenters. The van der Waals surface area contributed by atoms with Crippen molar-refractivity contribution in [3.05, 3.63) is 0 Å². The lowest BCUT2D eigenvalue weighted by Gasteiger charge is -2.55. The van der Waals surface area contributed by atoms with Gasteiger partial charge in [0.25, 0.3) is 0 Å². The van der Waals surface area contributed by atoms with Crippen LogP contribution in [0, 0.1) is 5.41 Å². The van der Waals surface area contributed by atoms with Crippen LogP contribution in [0.4, 0.5) is 0 Å². The number of carboxylic acids is 1. The van der Waals surface area contributed by atoms with Gasteiger partial charge in [0.15, 0.2) is 0 Å². The summed E-state index contributed by atoms with van der Waals surface area (Å²) < 4.78 is 0. The molecule has 0 aromatic carbocycles. The summed E-state index contributed by atoms with van der Waals surface area (Å²) in [5.74, 6) is -0.624. The van der Waals surface area contributed by atoms with Gasteiger partial charge in [0.1, 0.15) is 5.54 Å². The topological polar surface area (TPSA) is 40.5 Å². The highest BCUT2D eigenvalue weighted by Crippen LogP contribution is 2.48. The maximum absolute atomic E-state index is 11.3. The Bertz CT molecular complexity index is 273. The highest BCUT2D eigenvalue weighted by atomic mass is 16.4. The zero-order valence-corrected chi connectivity index (χ0v) is 9.92. The Hall–Kier alpha value is -0.570. The quantitative estimate of drug-likeness (QED) is 0.777. The molecular weight excluding hydrogens is 190 g/mol. The molecule has 0 aromatic rings. The molecule has 3 heteroatoms. The van der Waals surface area contributed by atoms with Gasteiger partial charge < -0.3 is 5.11 Å². The molecule has 0 bridgehead atoms. The molecule has 0 spiro atoms. The van der Waals surface area contributed by atoms with Crippen LogP contribution in [0.5, 0.6) is 0 Å². The van der Waals surface area contributed by atoms with E-state index in [9.17, 15) is 9.90 Å². The van der Waals surface area contributed by atoms with Gasteiger partial charge >= 0.3 is 5.97 Å². The van der Waals surface area contributed by atoms with Crippen molar-refractivity contribution < 1.29 is 9.90 Å². The third-order valence-corrected chi connectivity index (χ3v) is 4.38. The van der Waals surface area contributed by atoms with Crippen LogP contribution in [0.3, 0.4) is 0 Å². The summed E-state index contributed by atoms with van der Waals surface area (Å²) in [4.78, 5) is 13.4. The van der Waals surface area contributed by atoms with Crippen LogP contribution in [-0.4, -0.2) is 34.6 Å². The molecule has 0 atom stereocenters. The van der Waals surface area contributed by atoms with Crippen LogP contribution >= 0.6 is 0 Å². The van der Waals surface area contributed by atoms with E-state index in [0.717, 1.165) is 32.1 Å². The third kappa shape index (κ3) is 1.57. The molecule has 0 amide bonds. The van der Waals surface area contributed by atoms with E-state index in [2.05, 4.69) is 18.7 Å². The summed E-state index contributed by atoms with van der Waals surface area (Å²) in [6, 6.07) is 0.483. The lowest BCUT2D eigenvalue weighted by atomic mass is 9.65. The largest absolute Gasteiger partial charge is 0.480 e. The Morgan fingerprint density at radius 1 is 1.33 bits per heavy atom. The molecule has 2 rings (SSSR count). The van der Waals surface area contributed by atoms with Crippen molar-refractivity contribution in [1.82, 2.24) is 4.90 Å². The van der Waals surface area contributed by atoms with Crippen molar-refractivity contribution in [1.29, 1.82) is 0 Å². The van der Waals surface area contributed by atoms with Gasteiger partial charge in [0.2, 0.25) is 0 Å². The number of aliphatic carboxylic acids is 1. The number of hydrogen-bond donors (Lipinski definition) is 1. The Labute approximate surface area is 91.5 Å². The second kappa shape index (κ2) is 3.21. The van der Waals surface area contributed by atoms with Crippen LogP contribution < -0.4 is 0 Å². The standard InChI is InChI=1S/C12H21NO2/c1-11(2)7-9(8-11)13(3)12(10(14)15)5-4-6-12/h9H,4-8H2,1-3H3,(H,14,15). The molecule has 2 saturated carbocycles. The van der Waals surface area contributed by atoms with Gasteiger partial charge in [-0.15, -0.1) is 0 Å². The lowest BCUT2D eigenvalue weighted by Crippen LogP contribution is -2.64. The average Bonchev–Trinajstić information content (AvgIpc) is 1.96. The van der Waals surface area contributed by atoms with Gasteiger partial charge in [-0.05, 0) is 44.6 Å². The first kappa shape index (κ1) is 10.9. The second-order valence-electron chi connectivity index (χ2n) is 6.03. The van der Waals surface area contributed by atoms with E-state index in [1.165, 1.54) is 0 Å². The molecule has 2 fully saturated rings. The fraction of sp³-hybridized carbons (Fsp3) is 0.917. The van der Waals surface area contributed by atoms with E-state index in [4.69, 9.17) is 0 Å². The van der Waals surface area contributed by atoms with E-state index in [-0.39, 0.29) is 0 Å². The second-order valence-corrected chi connectivity index (χ2v) is 6.03. The molecular formula is C12H21NO2. The third-order valence-electron chi connectivity index (χ3n) is 4.38. The molecule has 2 aliphatic rings. The maximum atomic E-state index is 11.3. The average molecular weight is 211 g/mol. The molecule has 0 saturated heterocycles. The van der Waals surface area contributed by atoms with Gasteiger partial charge in [-0.3, -0.25) is 9.69 Å². The van der Waals surface area contributed by atoms with Crippen molar-refractivity contribution in [3.8, 4) is 0 Å². The van der Waals surface area contributed by atoms with Crippen LogP contribution in [-0.2, 0) is 4.79 Å². The minimum Gasteiger partial charge on any atom is -0.480 e. The summed E-state index contributed by atoms with van der Waals surface area (Å²) in [5.41, 5.74) is -0.108. The minimum absolute atomic E-state index is 0.419. The normalized spacial score (nSPS) is 28.3. The SMILES string of the molecule is CN(C1CC(C)(C)C1)C1(C(=O)O)CCC1. The van der Waals surface area contributed by atoms with E-state index in [1.807, 2.05) is 7.05 Å². The number of carbonyl (C=O) groups is 1. The summed E-state index contributed by atoms with van der Waals surface area (Å²) in [6.07, 6.45) is 5.00. The molecule has 0 radical (unpaired) electrons. The van der Waals surface area contributed by atoms with Gasteiger partial charge in [-0.2, -0.15) is 0 Å². The molecule has 1 N–H and O–H groups in total. The molecule has 2 aliphatic carbocycles. The lowest BCUT2D eigenvalue weighted by molar-refractivity contribution is -0.164. The highest BCUT2D eigenvalue weighted by molar-refractivity contribution is 5.80. The zero-order valence-electron chi connectivity index (χ0n) is 9.92. The van der Waals surface area contributed by atoms with Crippen molar-refractivity contribution in [3.63, 3.8) is 0 Å². The Kier molecular flexibility index (Phi) is 2.34. The molecule has 0 aliphatic heterocycles. The Morgan fingerprint density at radius 3 is 2.13 bits per heavy atom. The summed E-state index contributed by atoms with van der Waals surface area (Å²) in [6.45, 7) is 4.51. The van der Waals surface area contributed by atoms with Crippen LogP contribution in [0.25, 0.3) is 0 Å². The van der Waals surface area contributed by atoms with Gasteiger partial charge in [-0.1, -0.05) is 13.8 Å². The smallest absolute Gasteiger partial charge is 0.324 e. The maximum Gasteiger partial charge on any atom is 0.324 e. The number of rotatable bonds is 3. The Morgan fingerprint density at radius 2 is 1.87 bits per heavy atom. The fourth-order valence-corrected chi connectivity index (χ4v) is 3.07. The first-order valence-corrected chi connectivity index (χ1v) is 5.84. The van der Waals surface area contributed by atoms with Crippen molar-refractivity contribution in [2.75, 3.05) is 7.05 Å². The zero-order chi connectivity index (χ0) is 11.3. The highest BCUT2D eigenvalue weighted by Gasteiger charge is 2.53. The number of nitrogens with zero attached hydrogens (tertiary/aromatic N) is 1. The van der Waals surface area contributed by atoms with Gasteiger partial charge in [-0.25, -0.2) is 0 Å². The molecule has 0 heterocycles. The van der Waals surface area contributed by atoms with Crippen molar-refractivity contribution in [2.24, 2.45) is 5.41 Å². The van der Waals surface area contributed by atoms with Gasteiger partial charge in [0, 0.05) is 6.04 Å². The Balaban J connectivity index is 2.02. The first-order chi connectivity index (χ1) is 6.87. The number of hydrogen-bond acceptors (Lipinski definition) is 2. The van der Waals surface area contributed by atoms with E-state index >= 15 is 0 Å². The van der Waals surface area contributed by atoms with E-state index in [1.54, 1.807) is 0 Å². The van der Waals surface area contributed by atoms with Crippen LogP contribution in [0.1, 0.15) is 46.0 Å². The molecule has 15 heavy (non-hydrogen) atoms. The molecule has 0 aromatic heterocycles. The van der Waals surface area contributed by atoms with Crippen LogP contribution in [0.15, 0.2) is 0 Å². The van der Waals surface area contributed by atoms with Crippen LogP contribution in [0.2, 0.25) is 0 Å². The summed E-state index contributed by atoms with van der Waals surface area (Å²) in [5, 5.41) is 9.31. The molecule has 3 nitrogen and oxygen atoms in total. The van der Waals surface area contributed by atoms with Crippen molar-refractivity contribution in [2.45, 2.75) is 57.5 Å². The number of likely N-dealkylation sites (N-methyl/N-ethyl adjacent to an activating group) is 1. The van der Waals surface area contributed by atoms with Crippen molar-refractivity contribution >= 4 is 5.97 Å². The predicted octanol–water partition coefficient (Wildman–Crippen LogP) is 2.11. The summed E-state index contributed by atoms with van der Waals surface area (Å²) in [7, 11) is 1.99. The number of carboxylic acid groups (broad SMARTS) is 1. The monoisotopic (exact) mass is 211 g/mol. The minimum atomic E-state index is -0.624. The van der Waals surface area contributed by atoms with Gasteiger partial charge in [0.05, 0.1) is 0 Å². The molecule has 86 valence electrons. The predicted molar refractivity (Wildman–Crippen MR) is 58.8 cm³/mol. The fourth-order valence-electron chi connectivity index (χ4n) is 3.07. The summed E-state index contributed by atoms with van der Waals surface area (Å²) >= 11 is 0. The van der Waals surface area contributed by atoms with E-state index < -0.39 is 11.5 Å². The first-order valence-electron chi connectivity index (χ1n) is 5.84. The van der Waals surface area contributed by atoms with E-state index in [0.29, 0.717) is 11.5 Å².